The predicted octanol–water partition coefficient (Wildman–Crippen LogP) is 2.42. The van der Waals surface area contributed by atoms with Gasteiger partial charge >= 0.3 is 0 Å². The van der Waals surface area contributed by atoms with Crippen LogP contribution < -0.4 is 5.56 Å². The molecule has 0 aromatic carbocycles. The van der Waals surface area contributed by atoms with Gasteiger partial charge in [-0.25, -0.2) is 14.5 Å². The highest BCUT2D eigenvalue weighted by atomic mass is 32.1. The average molecular weight is 371 g/mol. The smallest absolute Gasteiger partial charge is 0.272 e. The van der Waals surface area contributed by atoms with E-state index in [4.69, 9.17) is 0 Å². The van der Waals surface area contributed by atoms with Crippen LogP contribution in [0.2, 0.25) is 0 Å². The van der Waals surface area contributed by atoms with Gasteiger partial charge in [0.25, 0.3) is 11.5 Å². The van der Waals surface area contributed by atoms with E-state index in [1.165, 1.54) is 21.9 Å². The summed E-state index contributed by atoms with van der Waals surface area (Å²) in [5.41, 5.74) is 2.98. The molecule has 1 aliphatic rings. The number of hydrogen-bond donors (Lipinski definition) is 1. The van der Waals surface area contributed by atoms with E-state index in [0.717, 1.165) is 40.7 Å². The summed E-state index contributed by atoms with van der Waals surface area (Å²) < 4.78 is 1.47. The van der Waals surface area contributed by atoms with Gasteiger partial charge in [0.15, 0.2) is 5.65 Å². The molecule has 0 unspecified atom stereocenters. The van der Waals surface area contributed by atoms with Crippen LogP contribution in [-0.4, -0.2) is 43.5 Å². The molecule has 1 saturated heterocycles. The van der Waals surface area contributed by atoms with Crippen molar-refractivity contribution in [2.45, 2.75) is 39.5 Å². The Morgan fingerprint density at radius 2 is 2.08 bits per heavy atom. The van der Waals surface area contributed by atoms with E-state index in [1.807, 2.05) is 31.7 Å². The lowest BCUT2D eigenvalue weighted by Gasteiger charge is -2.32. The van der Waals surface area contributed by atoms with E-state index in [1.54, 1.807) is 0 Å². The molecule has 8 heteroatoms. The minimum Gasteiger partial charge on any atom is -0.337 e. The number of aryl methyl sites for hydroxylation is 3. The number of rotatable bonds is 2. The molecule has 1 fully saturated rings. The van der Waals surface area contributed by atoms with Crippen LogP contribution in [0.15, 0.2) is 16.9 Å². The predicted molar refractivity (Wildman–Crippen MR) is 100 cm³/mol. The number of likely N-dealkylation sites (tertiary alicyclic amines) is 1. The number of nitrogens with one attached hydrogen (secondary N) is 1. The second-order valence-electron chi connectivity index (χ2n) is 6.88. The van der Waals surface area contributed by atoms with E-state index in [-0.39, 0.29) is 17.4 Å². The molecule has 0 spiro atoms. The molecule has 0 saturated carbocycles. The van der Waals surface area contributed by atoms with Gasteiger partial charge in [0.1, 0.15) is 4.88 Å². The number of nitrogens with zero attached hydrogens (tertiary/aromatic N) is 4. The zero-order valence-corrected chi connectivity index (χ0v) is 15.9. The molecule has 0 radical (unpaired) electrons. The van der Waals surface area contributed by atoms with Gasteiger partial charge in [0, 0.05) is 42.5 Å². The second-order valence-corrected chi connectivity index (χ2v) is 8.08. The summed E-state index contributed by atoms with van der Waals surface area (Å²) >= 11 is 1.45. The Kier molecular flexibility index (Phi) is 4.14. The van der Waals surface area contributed by atoms with Crippen molar-refractivity contribution >= 4 is 22.9 Å². The van der Waals surface area contributed by atoms with Crippen LogP contribution >= 0.6 is 11.3 Å². The summed E-state index contributed by atoms with van der Waals surface area (Å²) in [5, 5.41) is 4.08. The number of aromatic nitrogens is 4. The highest BCUT2D eigenvalue weighted by Crippen LogP contribution is 2.28. The first kappa shape index (κ1) is 17.0. The van der Waals surface area contributed by atoms with Crippen LogP contribution in [0.4, 0.5) is 0 Å². The fourth-order valence-electron chi connectivity index (χ4n) is 3.63. The monoisotopic (exact) mass is 371 g/mol. The van der Waals surface area contributed by atoms with Crippen LogP contribution in [0.25, 0.3) is 5.65 Å². The molecule has 136 valence electrons. The van der Waals surface area contributed by atoms with Gasteiger partial charge in [-0.3, -0.25) is 14.7 Å². The summed E-state index contributed by atoms with van der Waals surface area (Å²) in [7, 11) is 0. The first-order chi connectivity index (χ1) is 12.4. The summed E-state index contributed by atoms with van der Waals surface area (Å²) in [6, 6.07) is 3.44. The molecule has 4 rings (SSSR count). The molecular weight excluding hydrogens is 350 g/mol. The molecule has 1 N–H and O–H groups in total. The largest absolute Gasteiger partial charge is 0.337 e. The molecule has 1 aliphatic heterocycles. The third kappa shape index (κ3) is 2.94. The zero-order chi connectivity index (χ0) is 18.4. The van der Waals surface area contributed by atoms with Crippen LogP contribution in [0.3, 0.4) is 0 Å². The Morgan fingerprint density at radius 3 is 2.81 bits per heavy atom. The SMILES string of the molecule is Cc1cc(=O)n2[nH]c([C@@H]3CCCN(C(=O)c4sc(C)nc4C)C3)cc2n1. The number of fused-ring (bicyclic) bond motifs is 1. The number of piperidine rings is 1. The molecule has 7 nitrogen and oxygen atoms in total. The zero-order valence-electron chi connectivity index (χ0n) is 15.1. The second kappa shape index (κ2) is 6.35. The lowest BCUT2D eigenvalue weighted by atomic mass is 9.94. The quantitative estimate of drug-likeness (QED) is 0.750. The minimum atomic E-state index is -0.113. The molecule has 3 aromatic heterocycles. The van der Waals surface area contributed by atoms with Crippen molar-refractivity contribution in [1.82, 2.24) is 24.5 Å². The third-order valence-electron chi connectivity index (χ3n) is 4.84. The Morgan fingerprint density at radius 1 is 1.27 bits per heavy atom. The molecule has 1 amide bonds. The van der Waals surface area contributed by atoms with Gasteiger partial charge < -0.3 is 4.90 Å². The van der Waals surface area contributed by atoms with E-state index >= 15 is 0 Å². The Hall–Kier alpha value is -2.48. The molecular formula is C18H21N5O2S. The Labute approximate surface area is 154 Å². The molecule has 3 aromatic rings. The summed E-state index contributed by atoms with van der Waals surface area (Å²) in [6.07, 6.45) is 1.91. The maximum absolute atomic E-state index is 12.9. The number of carbonyl (C=O) groups excluding carboxylic acids is 1. The minimum absolute atomic E-state index is 0.0556. The van der Waals surface area contributed by atoms with Gasteiger partial charge in [-0.05, 0) is 33.6 Å². The fourth-order valence-corrected chi connectivity index (χ4v) is 4.51. The van der Waals surface area contributed by atoms with E-state index in [0.29, 0.717) is 17.9 Å². The number of aromatic amines is 1. The Balaban J connectivity index is 1.61. The normalized spacial score (nSPS) is 17.8. The molecule has 0 bridgehead atoms. The van der Waals surface area contributed by atoms with E-state index in [9.17, 15) is 9.59 Å². The number of hydrogen-bond acceptors (Lipinski definition) is 5. The topological polar surface area (TPSA) is 83.4 Å². The van der Waals surface area contributed by atoms with Crippen LogP contribution in [-0.2, 0) is 0 Å². The van der Waals surface area contributed by atoms with Crippen molar-refractivity contribution in [3.8, 4) is 0 Å². The van der Waals surface area contributed by atoms with Crippen LogP contribution in [0, 0.1) is 20.8 Å². The van der Waals surface area contributed by atoms with Crippen molar-refractivity contribution in [2.75, 3.05) is 13.1 Å². The summed E-state index contributed by atoms with van der Waals surface area (Å²) in [6.45, 7) is 7.01. The maximum Gasteiger partial charge on any atom is 0.272 e. The number of carbonyl (C=O) groups is 1. The van der Waals surface area contributed by atoms with Crippen molar-refractivity contribution < 1.29 is 4.79 Å². The first-order valence-electron chi connectivity index (χ1n) is 8.75. The average Bonchev–Trinajstić information content (AvgIpc) is 3.17. The summed E-state index contributed by atoms with van der Waals surface area (Å²) in [4.78, 5) is 36.4. The number of thiazole rings is 1. The summed E-state index contributed by atoms with van der Waals surface area (Å²) in [5.74, 6) is 0.225. The number of H-pyrrole nitrogens is 1. The molecule has 1 atom stereocenters. The maximum atomic E-state index is 12.9. The van der Waals surface area contributed by atoms with Gasteiger partial charge in [-0.2, -0.15) is 0 Å². The lowest BCUT2D eigenvalue weighted by molar-refractivity contribution is 0.0710. The van der Waals surface area contributed by atoms with Crippen molar-refractivity contribution in [3.05, 3.63) is 49.5 Å². The molecule has 26 heavy (non-hydrogen) atoms. The Bertz CT molecular complexity index is 1050. The van der Waals surface area contributed by atoms with Crippen LogP contribution in [0.5, 0.6) is 0 Å². The van der Waals surface area contributed by atoms with Gasteiger partial charge in [0.05, 0.1) is 10.7 Å². The molecule has 4 heterocycles. The van der Waals surface area contributed by atoms with Crippen molar-refractivity contribution in [1.29, 1.82) is 0 Å². The fraction of sp³-hybridized carbons (Fsp3) is 0.444. The first-order valence-corrected chi connectivity index (χ1v) is 9.56. The van der Waals surface area contributed by atoms with Gasteiger partial charge in [-0.1, -0.05) is 0 Å². The van der Waals surface area contributed by atoms with Gasteiger partial charge in [-0.15, -0.1) is 11.3 Å². The van der Waals surface area contributed by atoms with E-state index in [2.05, 4.69) is 15.1 Å². The highest BCUT2D eigenvalue weighted by molar-refractivity contribution is 7.13. The third-order valence-corrected chi connectivity index (χ3v) is 5.91. The molecule has 0 aliphatic carbocycles. The van der Waals surface area contributed by atoms with Crippen LogP contribution in [0.1, 0.15) is 50.5 Å². The van der Waals surface area contributed by atoms with Crippen molar-refractivity contribution in [2.24, 2.45) is 0 Å². The van der Waals surface area contributed by atoms with E-state index < -0.39 is 0 Å². The van der Waals surface area contributed by atoms with Gasteiger partial charge in [0.2, 0.25) is 0 Å². The lowest BCUT2D eigenvalue weighted by Crippen LogP contribution is -2.39. The standard InChI is InChI=1S/C18H21N5O2S/c1-10-7-16(24)23-15(19-10)8-14(21-23)13-5-4-6-22(9-13)18(25)17-11(2)20-12(3)26-17/h7-8,13,21H,4-6,9H2,1-3H3/t13-/m1/s1. The van der Waals surface area contributed by atoms with Crippen molar-refractivity contribution in [3.63, 3.8) is 0 Å². The number of amides is 1. The highest BCUT2D eigenvalue weighted by Gasteiger charge is 2.28.